The molecule has 0 aromatic heterocycles. The van der Waals surface area contributed by atoms with Crippen LogP contribution in [0.1, 0.15) is 57.1 Å². The second kappa shape index (κ2) is 17.5. The van der Waals surface area contributed by atoms with Gasteiger partial charge in [-0.15, -0.1) is 0 Å². The number of carbonyl (C=O) groups excluding carboxylic acids is 2. The zero-order valence-corrected chi connectivity index (χ0v) is 33.7. The summed E-state index contributed by atoms with van der Waals surface area (Å²) in [5.41, 5.74) is 4.12. The van der Waals surface area contributed by atoms with Crippen molar-refractivity contribution in [3.8, 4) is 29.1 Å². The Morgan fingerprint density at radius 3 is 2.27 bits per heavy atom. The first-order valence-electron chi connectivity index (χ1n) is 17.1. The molecule has 55 heavy (non-hydrogen) atoms. The lowest BCUT2D eigenvalue weighted by atomic mass is 9.69. The number of rotatable bonds is 13. The molecule has 1 N–H and O–H groups in total. The molecular weight excluding hydrogens is 785 g/mol. The van der Waals surface area contributed by atoms with E-state index in [4.69, 9.17) is 77.4 Å². The average Bonchev–Trinajstić information content (AvgIpc) is 3.14. The normalized spacial score (nSPS) is 22.7. The van der Waals surface area contributed by atoms with Crippen molar-refractivity contribution in [2.45, 2.75) is 67.3 Å². The number of phenolic OH excluding ortho intramolecular Hbond substituents is 1. The van der Waals surface area contributed by atoms with Gasteiger partial charge in [-0.3, -0.25) is 9.80 Å². The van der Waals surface area contributed by atoms with Gasteiger partial charge in [-0.25, -0.2) is 9.59 Å². The summed E-state index contributed by atoms with van der Waals surface area (Å²) in [4.78, 5) is 30.7. The third-order valence-corrected chi connectivity index (χ3v) is 10.4. The Labute approximate surface area is 334 Å². The molecular formula is C37H44Cl3N3O12. The number of piperazine rings is 1. The zero-order chi connectivity index (χ0) is 40.4. The number of nitriles is 1. The predicted molar refractivity (Wildman–Crippen MR) is 199 cm³/mol. The second-order valence-corrected chi connectivity index (χ2v) is 15.6. The minimum atomic E-state index is -1.92. The molecule has 5 rings (SSSR count). The molecule has 300 valence electrons. The lowest BCUT2D eigenvalue weighted by Crippen LogP contribution is -2.71. The summed E-state index contributed by atoms with van der Waals surface area (Å²) >= 11 is 17.5. The number of hydrogen-bond acceptors (Lipinski definition) is 14. The van der Waals surface area contributed by atoms with E-state index in [1.54, 1.807) is 23.8 Å². The van der Waals surface area contributed by atoms with Crippen LogP contribution >= 0.6 is 34.8 Å². The van der Waals surface area contributed by atoms with E-state index in [1.807, 2.05) is 19.9 Å². The molecule has 2 aromatic rings. The number of hydrogen-bond donors (Lipinski definition) is 1. The van der Waals surface area contributed by atoms with E-state index in [2.05, 4.69) is 12.6 Å². The molecule has 0 aliphatic carbocycles. The summed E-state index contributed by atoms with van der Waals surface area (Å²) in [6.07, 6.45) is -1.28. The summed E-state index contributed by atoms with van der Waals surface area (Å²) in [6, 6.07) is -0.486. The van der Waals surface area contributed by atoms with Crippen molar-refractivity contribution in [2.24, 2.45) is 0 Å². The summed E-state index contributed by atoms with van der Waals surface area (Å²) in [7, 11) is 5.84. The highest BCUT2D eigenvalue weighted by Crippen LogP contribution is 2.60. The van der Waals surface area contributed by atoms with Gasteiger partial charge in [0.1, 0.15) is 50.3 Å². The Hall–Kier alpha value is -3.88. The lowest BCUT2D eigenvalue weighted by Gasteiger charge is -2.61. The van der Waals surface area contributed by atoms with Crippen LogP contribution in [0.15, 0.2) is 18.7 Å². The Morgan fingerprint density at radius 1 is 0.982 bits per heavy atom. The number of carbonyl (C=O) groups is 2. The van der Waals surface area contributed by atoms with Crippen molar-refractivity contribution < 1.29 is 57.3 Å². The molecule has 1 fully saturated rings. The number of halogens is 3. The summed E-state index contributed by atoms with van der Waals surface area (Å²) in [6.45, 7) is 7.52. The van der Waals surface area contributed by atoms with Crippen LogP contribution in [-0.2, 0) is 34.8 Å². The maximum atomic E-state index is 14.3. The minimum absolute atomic E-state index is 0.0549. The average molecular weight is 829 g/mol. The topological polar surface area (TPSA) is 168 Å². The molecule has 2 aromatic carbocycles. The SMILES string of the molecule is C=CCOC(=O)N1[C@@H]2c3c(cc(C)c(OC)c3C)C[C@H]1[C@H](C#N)N1C2[C@H](OCOC)c2c(OCOC)c(C)c(OC)c(O)c2[C@@H]1COC(=O)OCC(Cl)(Cl)Cl. The molecule has 3 aliphatic heterocycles. The van der Waals surface area contributed by atoms with E-state index in [1.165, 1.54) is 27.4 Å². The number of fused-ring (bicyclic) bond motifs is 7. The van der Waals surface area contributed by atoms with Crippen molar-refractivity contribution in [1.82, 2.24) is 9.80 Å². The second-order valence-electron chi connectivity index (χ2n) is 13.1. The van der Waals surface area contributed by atoms with Gasteiger partial charge in [-0.05, 0) is 49.4 Å². The van der Waals surface area contributed by atoms with Crippen LogP contribution in [0.2, 0.25) is 0 Å². The highest BCUT2D eigenvalue weighted by Gasteiger charge is 2.62. The Kier molecular flexibility index (Phi) is 13.5. The molecule has 18 heteroatoms. The molecule has 1 saturated heterocycles. The maximum absolute atomic E-state index is 14.3. The molecule has 0 saturated carbocycles. The number of aromatic hydroxyl groups is 1. The number of ether oxygens (including phenoxy) is 9. The van der Waals surface area contributed by atoms with Gasteiger partial charge in [0, 0.05) is 30.9 Å². The lowest BCUT2D eigenvalue weighted by molar-refractivity contribution is -0.168. The highest BCUT2D eigenvalue weighted by molar-refractivity contribution is 6.67. The van der Waals surface area contributed by atoms with Crippen LogP contribution in [-0.4, -0.2) is 111 Å². The van der Waals surface area contributed by atoms with Crippen LogP contribution in [0.5, 0.6) is 23.0 Å². The van der Waals surface area contributed by atoms with Gasteiger partial charge in [-0.1, -0.05) is 53.5 Å². The van der Waals surface area contributed by atoms with Crippen molar-refractivity contribution in [3.05, 3.63) is 57.7 Å². The fourth-order valence-electron chi connectivity index (χ4n) is 8.27. The summed E-state index contributed by atoms with van der Waals surface area (Å²) in [5.74, 6) is 0.562. The quantitative estimate of drug-likeness (QED) is 0.102. The standard InChI is InChI=1S/C37H44Cl3N3O12/c1-9-10-51-35(45)43-22-12-21-11-18(2)31(49-7)19(3)25(21)28(43)29-34(55-17-48-6)27-26(30(44)33(50-8)20(4)32(27)54-16-47-5)24(42(29)23(22)13-41)14-52-36(46)53-15-37(38,39)40/h9,11,22-24,28-29,34,44H,1,10,12,14-17H2,2-8H3/t22-,23-,24-,28+,29?,34+/m0/s1. The van der Waals surface area contributed by atoms with Gasteiger partial charge in [0.05, 0.1) is 44.5 Å². The number of methoxy groups -OCH3 is 4. The van der Waals surface area contributed by atoms with Crippen LogP contribution in [0, 0.1) is 32.1 Å². The number of amides is 1. The Balaban J connectivity index is 1.87. The number of alkyl halides is 3. The molecule has 0 radical (unpaired) electrons. The number of nitrogens with zero attached hydrogens (tertiary/aromatic N) is 3. The number of phenols is 1. The van der Waals surface area contributed by atoms with E-state index >= 15 is 0 Å². The summed E-state index contributed by atoms with van der Waals surface area (Å²) < 4.78 is 49.6. The van der Waals surface area contributed by atoms with Crippen LogP contribution in [0.25, 0.3) is 0 Å². The van der Waals surface area contributed by atoms with Gasteiger partial charge in [0.2, 0.25) is 3.79 Å². The van der Waals surface area contributed by atoms with E-state index in [0.717, 1.165) is 22.3 Å². The first-order valence-corrected chi connectivity index (χ1v) is 18.3. The monoisotopic (exact) mass is 827 g/mol. The fourth-order valence-corrected chi connectivity index (χ4v) is 8.44. The van der Waals surface area contributed by atoms with E-state index in [-0.39, 0.29) is 49.4 Å². The van der Waals surface area contributed by atoms with Crippen molar-refractivity contribution in [2.75, 3.05) is 61.8 Å². The van der Waals surface area contributed by atoms with Crippen molar-refractivity contribution in [1.29, 1.82) is 5.26 Å². The van der Waals surface area contributed by atoms with Crippen LogP contribution in [0.3, 0.4) is 0 Å². The van der Waals surface area contributed by atoms with E-state index < -0.39 is 65.6 Å². The van der Waals surface area contributed by atoms with Crippen LogP contribution < -0.4 is 14.2 Å². The third kappa shape index (κ3) is 7.91. The molecule has 0 spiro atoms. The molecule has 3 heterocycles. The number of aryl methyl sites for hydroxylation is 1. The van der Waals surface area contributed by atoms with Crippen molar-refractivity contribution in [3.63, 3.8) is 0 Å². The van der Waals surface area contributed by atoms with Gasteiger partial charge < -0.3 is 47.7 Å². The Bertz CT molecular complexity index is 1830. The molecule has 15 nitrogen and oxygen atoms in total. The first-order chi connectivity index (χ1) is 26.2. The van der Waals surface area contributed by atoms with Crippen molar-refractivity contribution >= 4 is 47.1 Å². The summed E-state index contributed by atoms with van der Waals surface area (Å²) in [5, 5.41) is 23.2. The predicted octanol–water partition coefficient (Wildman–Crippen LogP) is 6.42. The molecule has 2 bridgehead atoms. The van der Waals surface area contributed by atoms with Gasteiger partial charge >= 0.3 is 12.2 Å². The zero-order valence-electron chi connectivity index (χ0n) is 31.5. The Morgan fingerprint density at radius 2 is 1.67 bits per heavy atom. The molecule has 6 atom stereocenters. The van der Waals surface area contributed by atoms with Gasteiger partial charge in [0.15, 0.2) is 18.3 Å². The first kappa shape index (κ1) is 42.3. The fraction of sp³-hybridized carbons (Fsp3) is 0.541. The largest absolute Gasteiger partial charge is 0.508 e. The third-order valence-electron chi connectivity index (χ3n) is 10.0. The number of benzene rings is 2. The minimum Gasteiger partial charge on any atom is -0.504 e. The van der Waals surface area contributed by atoms with E-state index in [9.17, 15) is 20.0 Å². The molecule has 1 unspecified atom stereocenters. The van der Waals surface area contributed by atoms with Crippen LogP contribution in [0.4, 0.5) is 9.59 Å². The van der Waals surface area contributed by atoms with Gasteiger partial charge in [-0.2, -0.15) is 5.26 Å². The highest BCUT2D eigenvalue weighted by atomic mass is 35.6. The molecule has 3 aliphatic rings. The maximum Gasteiger partial charge on any atom is 0.508 e. The molecule has 1 amide bonds. The van der Waals surface area contributed by atoms with Gasteiger partial charge in [0.25, 0.3) is 0 Å². The smallest absolute Gasteiger partial charge is 0.504 e. The van der Waals surface area contributed by atoms with E-state index in [0.29, 0.717) is 16.9 Å².